The molecule has 0 aromatic rings. The molecule has 2 aliphatic rings. The van der Waals surface area contributed by atoms with Crippen LogP contribution in [0.25, 0.3) is 0 Å². The van der Waals surface area contributed by atoms with Crippen LogP contribution < -0.4 is 5.32 Å². The summed E-state index contributed by atoms with van der Waals surface area (Å²) in [5, 5.41) is 3.53. The van der Waals surface area contributed by atoms with Crippen LogP contribution in [0.3, 0.4) is 0 Å². The van der Waals surface area contributed by atoms with Gasteiger partial charge in [-0.25, -0.2) is 0 Å². The van der Waals surface area contributed by atoms with Crippen molar-refractivity contribution in [2.45, 2.75) is 31.3 Å². The molecule has 0 saturated carbocycles. The van der Waals surface area contributed by atoms with E-state index in [2.05, 4.69) is 11.9 Å². The predicted octanol–water partition coefficient (Wildman–Crippen LogP) is 0.525. The van der Waals surface area contributed by atoms with Crippen molar-refractivity contribution in [2.24, 2.45) is 0 Å². The number of hydrogen-bond donors (Lipinski definition) is 1. The fraction of sp³-hybridized carbons (Fsp3) is 0.700. The van der Waals surface area contributed by atoms with Crippen LogP contribution in [0, 0.1) is 0 Å². The lowest BCUT2D eigenvalue weighted by atomic mass is 10.1. The predicted molar refractivity (Wildman–Crippen MR) is 51.3 cm³/mol. The Morgan fingerprint density at radius 2 is 2.15 bits per heavy atom. The van der Waals surface area contributed by atoms with Crippen LogP contribution in [0.1, 0.15) is 19.3 Å². The minimum absolute atomic E-state index is 0.0781. The zero-order valence-corrected chi connectivity index (χ0v) is 7.83. The van der Waals surface area contributed by atoms with Gasteiger partial charge in [0.05, 0.1) is 0 Å². The summed E-state index contributed by atoms with van der Waals surface area (Å²) in [7, 11) is 0. The highest BCUT2D eigenvalue weighted by molar-refractivity contribution is 5.87. The molecule has 0 unspecified atom stereocenters. The minimum atomic E-state index is 0.0781. The van der Waals surface area contributed by atoms with E-state index in [-0.39, 0.29) is 5.91 Å². The lowest BCUT2D eigenvalue weighted by Gasteiger charge is -2.22. The highest BCUT2D eigenvalue weighted by Gasteiger charge is 2.30. The topological polar surface area (TPSA) is 32.3 Å². The monoisotopic (exact) mass is 180 g/mol. The Kier molecular flexibility index (Phi) is 2.36. The van der Waals surface area contributed by atoms with E-state index in [9.17, 15) is 4.79 Å². The smallest absolute Gasteiger partial charge is 0.246 e. The number of rotatable bonds is 1. The first kappa shape index (κ1) is 8.75. The molecule has 0 spiro atoms. The van der Waals surface area contributed by atoms with Gasteiger partial charge < -0.3 is 10.2 Å². The highest BCUT2D eigenvalue weighted by atomic mass is 16.2. The van der Waals surface area contributed by atoms with Crippen LogP contribution in [-0.2, 0) is 4.79 Å². The van der Waals surface area contributed by atoms with Gasteiger partial charge in [0.15, 0.2) is 0 Å². The number of fused-ring (bicyclic) bond motifs is 2. The van der Waals surface area contributed by atoms with E-state index in [4.69, 9.17) is 0 Å². The average Bonchev–Trinajstić information content (AvgIpc) is 2.45. The molecule has 72 valence electrons. The van der Waals surface area contributed by atoms with Crippen molar-refractivity contribution in [3.05, 3.63) is 12.7 Å². The van der Waals surface area contributed by atoms with Crippen molar-refractivity contribution >= 4 is 5.91 Å². The lowest BCUT2D eigenvalue weighted by Crippen LogP contribution is -2.38. The van der Waals surface area contributed by atoms with E-state index in [1.165, 1.54) is 18.9 Å². The van der Waals surface area contributed by atoms with Crippen molar-refractivity contribution in [1.29, 1.82) is 0 Å². The Bertz CT molecular complexity index is 227. The van der Waals surface area contributed by atoms with Crippen molar-refractivity contribution in [3.8, 4) is 0 Å². The van der Waals surface area contributed by atoms with E-state index >= 15 is 0 Å². The summed E-state index contributed by atoms with van der Waals surface area (Å²) in [6.07, 6.45) is 5.00. The third-order valence-corrected chi connectivity index (χ3v) is 3.01. The fourth-order valence-corrected chi connectivity index (χ4v) is 2.27. The molecular formula is C10H16N2O. The quantitative estimate of drug-likeness (QED) is 0.597. The van der Waals surface area contributed by atoms with Gasteiger partial charge in [0, 0.05) is 25.2 Å². The fourth-order valence-electron chi connectivity index (χ4n) is 2.27. The average molecular weight is 180 g/mol. The van der Waals surface area contributed by atoms with E-state index in [0.717, 1.165) is 19.5 Å². The van der Waals surface area contributed by atoms with Crippen LogP contribution in [0.5, 0.6) is 0 Å². The van der Waals surface area contributed by atoms with E-state index in [0.29, 0.717) is 12.1 Å². The summed E-state index contributed by atoms with van der Waals surface area (Å²) < 4.78 is 0. The molecule has 13 heavy (non-hydrogen) atoms. The number of hydrogen-bond acceptors (Lipinski definition) is 2. The summed E-state index contributed by atoms with van der Waals surface area (Å²) in [4.78, 5) is 13.3. The maximum absolute atomic E-state index is 11.4. The van der Waals surface area contributed by atoms with Gasteiger partial charge in [0.1, 0.15) is 0 Å². The van der Waals surface area contributed by atoms with Crippen LogP contribution in [0.4, 0.5) is 0 Å². The molecule has 2 saturated heterocycles. The number of likely N-dealkylation sites (tertiary alicyclic amines) is 1. The summed E-state index contributed by atoms with van der Waals surface area (Å²) in [5.41, 5.74) is 0. The first-order valence-electron chi connectivity index (χ1n) is 4.97. The third kappa shape index (κ3) is 1.75. The molecule has 1 amide bonds. The molecule has 3 heteroatoms. The lowest BCUT2D eigenvalue weighted by molar-refractivity contribution is -0.126. The van der Waals surface area contributed by atoms with Gasteiger partial charge in [0.25, 0.3) is 0 Å². The van der Waals surface area contributed by atoms with Crippen molar-refractivity contribution in [3.63, 3.8) is 0 Å². The second-order valence-electron chi connectivity index (χ2n) is 3.91. The number of nitrogens with one attached hydrogen (secondary N) is 1. The second-order valence-corrected chi connectivity index (χ2v) is 3.91. The van der Waals surface area contributed by atoms with Gasteiger partial charge in [-0.2, -0.15) is 0 Å². The number of carbonyl (C=O) groups is 1. The summed E-state index contributed by atoms with van der Waals surface area (Å²) >= 11 is 0. The molecule has 0 radical (unpaired) electrons. The van der Waals surface area contributed by atoms with Crippen LogP contribution in [-0.4, -0.2) is 36.0 Å². The first-order valence-corrected chi connectivity index (χ1v) is 4.97. The largest absolute Gasteiger partial charge is 0.338 e. The molecule has 0 aliphatic carbocycles. The molecular weight excluding hydrogens is 164 g/mol. The Hall–Kier alpha value is -0.830. The Labute approximate surface area is 78.8 Å². The van der Waals surface area contributed by atoms with Gasteiger partial charge >= 0.3 is 0 Å². The maximum Gasteiger partial charge on any atom is 0.246 e. The zero-order chi connectivity index (χ0) is 9.26. The molecule has 2 rings (SSSR count). The number of carbonyl (C=O) groups excluding carboxylic acids is 1. The molecule has 2 heterocycles. The molecule has 2 aliphatic heterocycles. The molecule has 2 atom stereocenters. The Balaban J connectivity index is 2.00. The van der Waals surface area contributed by atoms with Crippen molar-refractivity contribution < 1.29 is 4.79 Å². The van der Waals surface area contributed by atoms with E-state index in [1.807, 2.05) is 4.90 Å². The van der Waals surface area contributed by atoms with E-state index in [1.54, 1.807) is 0 Å². The third-order valence-electron chi connectivity index (χ3n) is 3.01. The first-order chi connectivity index (χ1) is 6.29. The van der Waals surface area contributed by atoms with E-state index < -0.39 is 0 Å². The molecule has 3 nitrogen and oxygen atoms in total. The van der Waals surface area contributed by atoms with Gasteiger partial charge in [-0.15, -0.1) is 0 Å². The van der Waals surface area contributed by atoms with Gasteiger partial charge in [-0.1, -0.05) is 6.58 Å². The molecule has 2 fully saturated rings. The normalized spacial score (nSPS) is 32.8. The Morgan fingerprint density at radius 3 is 2.92 bits per heavy atom. The van der Waals surface area contributed by atoms with Gasteiger partial charge in [-0.3, -0.25) is 4.79 Å². The zero-order valence-electron chi connectivity index (χ0n) is 7.83. The van der Waals surface area contributed by atoms with Gasteiger partial charge in [-0.05, 0) is 25.3 Å². The molecule has 0 aromatic heterocycles. The summed E-state index contributed by atoms with van der Waals surface area (Å²) in [6.45, 7) is 5.27. The Morgan fingerprint density at radius 1 is 1.38 bits per heavy atom. The number of nitrogens with zero attached hydrogens (tertiary/aromatic N) is 1. The summed E-state index contributed by atoms with van der Waals surface area (Å²) in [5.74, 6) is 0.0781. The summed E-state index contributed by atoms with van der Waals surface area (Å²) in [6, 6.07) is 1.17. The van der Waals surface area contributed by atoms with Crippen LogP contribution in [0.2, 0.25) is 0 Å². The van der Waals surface area contributed by atoms with Crippen molar-refractivity contribution in [1.82, 2.24) is 10.2 Å². The highest BCUT2D eigenvalue weighted by Crippen LogP contribution is 2.20. The molecule has 2 bridgehead atoms. The maximum atomic E-state index is 11.4. The van der Waals surface area contributed by atoms with Crippen LogP contribution in [0.15, 0.2) is 12.7 Å². The van der Waals surface area contributed by atoms with Gasteiger partial charge in [0.2, 0.25) is 5.91 Å². The minimum Gasteiger partial charge on any atom is -0.338 e. The molecule has 1 N–H and O–H groups in total. The molecule has 0 aromatic carbocycles. The number of amides is 1. The SMILES string of the molecule is C=CC(=O)N1CC[C@H]2CC[C@@H](C1)N2. The van der Waals surface area contributed by atoms with Crippen LogP contribution >= 0.6 is 0 Å². The second kappa shape index (κ2) is 3.50. The van der Waals surface area contributed by atoms with Crippen molar-refractivity contribution in [2.75, 3.05) is 13.1 Å². The standard InChI is InChI=1S/C10H16N2O/c1-2-10(13)12-6-5-8-3-4-9(7-12)11-8/h2,8-9,11H,1,3-7H2/t8-,9+/m1/s1.